The highest BCUT2D eigenvalue weighted by Crippen LogP contribution is 2.53. The van der Waals surface area contributed by atoms with Crippen LogP contribution < -0.4 is 31.9 Å². The predicted molar refractivity (Wildman–Crippen MR) is 240 cm³/mol. The van der Waals surface area contributed by atoms with Crippen LogP contribution >= 0.6 is 0 Å². The Balaban J connectivity index is 1.45. The second-order valence-electron chi connectivity index (χ2n) is 23.4. The van der Waals surface area contributed by atoms with E-state index in [2.05, 4.69) is 31.9 Å². The van der Waals surface area contributed by atoms with Crippen LogP contribution in [0.4, 0.5) is 0 Å². The van der Waals surface area contributed by atoms with Crippen LogP contribution in [0.15, 0.2) is 0 Å². The molecule has 0 bridgehead atoms. The number of rotatable bonds is 18. The number of hydrogen-bond acceptors (Lipinski definition) is 18. The van der Waals surface area contributed by atoms with Gasteiger partial charge in [-0.1, -0.05) is 0 Å². The minimum atomic E-state index is -1.90. The molecule has 1 aliphatic carbocycles. The van der Waals surface area contributed by atoms with Crippen LogP contribution in [0.5, 0.6) is 0 Å². The molecule has 6 aliphatic heterocycles. The molecule has 7 rings (SSSR count). The Labute approximate surface area is 390 Å². The molecule has 6 heterocycles. The first-order chi connectivity index (χ1) is 30.7. The van der Waals surface area contributed by atoms with Gasteiger partial charge < -0.3 is 60.3 Å². The van der Waals surface area contributed by atoms with Gasteiger partial charge in [0.25, 0.3) is 0 Å². The lowest BCUT2D eigenvalue weighted by Gasteiger charge is -2.51. The van der Waals surface area contributed by atoms with Gasteiger partial charge in [0, 0.05) is 114 Å². The maximum Gasteiger partial charge on any atom is 0.311 e. The highest BCUT2D eigenvalue weighted by atomic mass is 16.6. The fourth-order valence-corrected chi connectivity index (χ4v) is 10.2. The Hall–Kier alpha value is -3.42. The SMILES string of the molecule is CC(C)(OC(=O)C1C(C(=O)OC(C)(C)C2CNC2)C(C(=O)OC(C)(C)C2CNC2)C(C(=O)OC(C)(C)C2CNC2)C(C(=O)OC(C)(C)C2CNC2)C1C(=O)OC(C)(C)C1CNC1)C1CNC1. The van der Waals surface area contributed by atoms with Crippen molar-refractivity contribution in [3.05, 3.63) is 0 Å². The summed E-state index contributed by atoms with van der Waals surface area (Å²) >= 11 is 0. The molecule has 0 amide bonds. The number of carbonyl (C=O) groups is 6. The average molecular weight is 931 g/mol. The monoisotopic (exact) mass is 931 g/mol. The smallest absolute Gasteiger partial charge is 0.311 e. The van der Waals surface area contributed by atoms with Crippen LogP contribution in [0.2, 0.25) is 0 Å². The Morgan fingerprint density at radius 3 is 0.439 bits per heavy atom. The first kappa shape index (κ1) is 50.5. The van der Waals surface area contributed by atoms with E-state index in [1.165, 1.54) is 0 Å². The van der Waals surface area contributed by atoms with Gasteiger partial charge in [-0.2, -0.15) is 0 Å². The minimum Gasteiger partial charge on any atom is -0.459 e. The molecule has 18 nitrogen and oxygen atoms in total. The molecule has 18 heteroatoms. The van der Waals surface area contributed by atoms with E-state index in [9.17, 15) is 0 Å². The van der Waals surface area contributed by atoms with Crippen molar-refractivity contribution in [3.8, 4) is 0 Å². The molecule has 66 heavy (non-hydrogen) atoms. The summed E-state index contributed by atoms with van der Waals surface area (Å²) in [6, 6.07) is 0. The number of ether oxygens (including phenoxy) is 6. The van der Waals surface area contributed by atoms with E-state index >= 15 is 28.8 Å². The summed E-state index contributed by atoms with van der Waals surface area (Å²) in [6.45, 7) is 27.4. The number of carbonyl (C=O) groups excluding carboxylic acids is 6. The average Bonchev–Trinajstić information content (AvgIpc) is 2.98. The summed E-state index contributed by atoms with van der Waals surface area (Å²) < 4.78 is 38.5. The van der Waals surface area contributed by atoms with Gasteiger partial charge in [0.2, 0.25) is 0 Å². The normalized spacial score (nSPS) is 28.7. The van der Waals surface area contributed by atoms with Gasteiger partial charge in [0.1, 0.15) is 33.6 Å². The molecule has 0 aromatic heterocycles. The van der Waals surface area contributed by atoms with E-state index in [0.29, 0.717) is 78.5 Å². The van der Waals surface area contributed by atoms with Crippen molar-refractivity contribution >= 4 is 35.8 Å². The quantitative estimate of drug-likeness (QED) is 0.0830. The maximum atomic E-state index is 15.6. The van der Waals surface area contributed by atoms with Crippen molar-refractivity contribution < 1.29 is 57.2 Å². The lowest BCUT2D eigenvalue weighted by Crippen LogP contribution is -2.66. The highest BCUT2D eigenvalue weighted by molar-refractivity contribution is 5.98. The lowest BCUT2D eigenvalue weighted by molar-refractivity contribution is -0.221. The number of hydrogen-bond donors (Lipinski definition) is 6. The van der Waals surface area contributed by atoms with E-state index in [1.54, 1.807) is 83.1 Å². The van der Waals surface area contributed by atoms with Crippen molar-refractivity contribution in [1.82, 2.24) is 31.9 Å². The highest BCUT2D eigenvalue weighted by Gasteiger charge is 2.69. The Morgan fingerprint density at radius 1 is 0.258 bits per heavy atom. The van der Waals surface area contributed by atoms with Gasteiger partial charge >= 0.3 is 35.8 Å². The van der Waals surface area contributed by atoms with Gasteiger partial charge in [0.05, 0.1) is 35.5 Å². The van der Waals surface area contributed by atoms with Crippen LogP contribution in [0.3, 0.4) is 0 Å². The van der Waals surface area contributed by atoms with Gasteiger partial charge in [-0.15, -0.1) is 0 Å². The largest absolute Gasteiger partial charge is 0.459 e. The van der Waals surface area contributed by atoms with E-state index in [1.807, 2.05) is 0 Å². The van der Waals surface area contributed by atoms with Gasteiger partial charge in [-0.05, 0) is 83.1 Å². The molecule has 6 saturated heterocycles. The molecular formula is C48H78N6O12. The molecule has 0 aromatic carbocycles. The summed E-state index contributed by atoms with van der Waals surface area (Å²) in [5.74, 6) is -18.3. The van der Waals surface area contributed by atoms with E-state index in [4.69, 9.17) is 28.4 Å². The van der Waals surface area contributed by atoms with E-state index in [0.717, 1.165) is 0 Å². The number of nitrogens with one attached hydrogen (secondary N) is 6. The third-order valence-electron chi connectivity index (χ3n) is 16.7. The van der Waals surface area contributed by atoms with Gasteiger partial charge in [-0.25, -0.2) is 0 Å². The van der Waals surface area contributed by atoms with Crippen LogP contribution in [-0.2, 0) is 57.2 Å². The van der Waals surface area contributed by atoms with Crippen LogP contribution in [0.1, 0.15) is 83.1 Å². The molecule has 0 radical (unpaired) electrons. The maximum absolute atomic E-state index is 15.6. The van der Waals surface area contributed by atoms with Crippen molar-refractivity contribution in [3.63, 3.8) is 0 Å². The number of esters is 6. The van der Waals surface area contributed by atoms with Crippen LogP contribution in [0.25, 0.3) is 0 Å². The zero-order valence-electron chi connectivity index (χ0n) is 41.3. The fourth-order valence-electron chi connectivity index (χ4n) is 10.2. The summed E-state index contributed by atoms with van der Waals surface area (Å²) in [6.07, 6.45) is 0. The molecule has 6 N–H and O–H groups in total. The summed E-state index contributed by atoms with van der Waals surface area (Å²) in [4.78, 5) is 93.4. The summed E-state index contributed by atoms with van der Waals surface area (Å²) in [7, 11) is 0. The third-order valence-corrected chi connectivity index (χ3v) is 16.7. The predicted octanol–water partition coefficient (Wildman–Crippen LogP) is 0.944. The van der Waals surface area contributed by atoms with Crippen LogP contribution in [0, 0.1) is 71.0 Å². The minimum absolute atomic E-state index is 0.141. The van der Waals surface area contributed by atoms with Crippen molar-refractivity contribution in [2.45, 2.75) is 117 Å². The molecule has 372 valence electrons. The van der Waals surface area contributed by atoms with Crippen molar-refractivity contribution in [2.75, 3.05) is 78.5 Å². The molecule has 7 aliphatic rings. The Morgan fingerprint density at radius 2 is 0.364 bits per heavy atom. The molecule has 7 fully saturated rings. The topological polar surface area (TPSA) is 230 Å². The fraction of sp³-hybridized carbons (Fsp3) is 0.875. The standard InChI is InChI=1S/C48H78N6O12/c1-43(2,25-13-49-14-25)61-37(55)31-32(38(56)62-44(3,4)26-15-50-16-26)34(40(58)64-46(7,8)28-19-52-20-28)36(42(60)66-48(11,12)30-23-54-24-30)35(41(59)65-47(9,10)29-21-53-22-29)33(31)39(57)63-45(5,6)27-17-51-18-27/h25-36,49-54H,13-24H2,1-12H3. The first-order valence-electron chi connectivity index (χ1n) is 24.3. The second kappa shape index (κ2) is 18.5. The zero-order chi connectivity index (χ0) is 48.4. The first-order valence-corrected chi connectivity index (χ1v) is 24.3. The lowest BCUT2D eigenvalue weighted by atomic mass is 9.56. The molecule has 0 spiro atoms. The van der Waals surface area contributed by atoms with Crippen LogP contribution in [-0.4, -0.2) is 148 Å². The van der Waals surface area contributed by atoms with Crippen molar-refractivity contribution in [2.24, 2.45) is 71.0 Å². The summed E-state index contributed by atoms with van der Waals surface area (Å²) in [5, 5.41) is 19.3. The van der Waals surface area contributed by atoms with Crippen molar-refractivity contribution in [1.29, 1.82) is 0 Å². The second-order valence-corrected chi connectivity index (χ2v) is 23.4. The van der Waals surface area contributed by atoms with E-state index in [-0.39, 0.29) is 35.5 Å². The molecule has 0 aromatic rings. The Bertz CT molecular complexity index is 1510. The molecule has 0 atom stereocenters. The van der Waals surface area contributed by atoms with Gasteiger partial charge in [-0.3, -0.25) is 28.8 Å². The zero-order valence-corrected chi connectivity index (χ0v) is 41.3. The Kier molecular flexibility index (Phi) is 14.1. The third kappa shape index (κ3) is 10.0. The molecular weight excluding hydrogens is 853 g/mol. The van der Waals surface area contributed by atoms with Gasteiger partial charge in [0.15, 0.2) is 0 Å². The molecule has 0 unspecified atom stereocenters. The summed E-state index contributed by atoms with van der Waals surface area (Å²) in [5.41, 5.74) is -6.83. The van der Waals surface area contributed by atoms with E-state index < -0.39 is 105 Å². The molecule has 1 saturated carbocycles.